The number of amides is 2. The molecule has 0 saturated heterocycles. The molecule has 0 aliphatic carbocycles. The van der Waals surface area contributed by atoms with Gasteiger partial charge in [0.25, 0.3) is 5.91 Å². The van der Waals surface area contributed by atoms with E-state index in [2.05, 4.69) is 10.6 Å². The molecule has 106 valence electrons. The molecule has 0 saturated carbocycles. The van der Waals surface area contributed by atoms with Gasteiger partial charge in [-0.15, -0.1) is 11.3 Å². The summed E-state index contributed by atoms with van der Waals surface area (Å²) in [5, 5.41) is 11.3. The SMILES string of the molecule is CC(NC(=O)CCNC(=O)c1ccsc1)c1cccs1. The van der Waals surface area contributed by atoms with Gasteiger partial charge in [-0.05, 0) is 29.8 Å². The van der Waals surface area contributed by atoms with E-state index in [4.69, 9.17) is 0 Å². The van der Waals surface area contributed by atoms with E-state index < -0.39 is 0 Å². The normalized spacial score (nSPS) is 11.8. The molecular weight excluding hydrogens is 292 g/mol. The summed E-state index contributed by atoms with van der Waals surface area (Å²) in [4.78, 5) is 24.5. The molecule has 2 aromatic heterocycles. The lowest BCUT2D eigenvalue weighted by Crippen LogP contribution is -2.31. The van der Waals surface area contributed by atoms with Crippen molar-refractivity contribution in [2.24, 2.45) is 0 Å². The van der Waals surface area contributed by atoms with E-state index in [-0.39, 0.29) is 24.3 Å². The minimum Gasteiger partial charge on any atom is -0.351 e. The molecule has 20 heavy (non-hydrogen) atoms. The van der Waals surface area contributed by atoms with Gasteiger partial charge in [0.1, 0.15) is 0 Å². The summed E-state index contributed by atoms with van der Waals surface area (Å²) in [5.41, 5.74) is 0.641. The third-order valence-corrected chi connectivity index (χ3v) is 4.51. The van der Waals surface area contributed by atoms with E-state index in [0.29, 0.717) is 12.1 Å². The van der Waals surface area contributed by atoms with Crippen LogP contribution in [0, 0.1) is 0 Å². The van der Waals surface area contributed by atoms with Crippen LogP contribution in [-0.4, -0.2) is 18.4 Å². The van der Waals surface area contributed by atoms with E-state index in [1.807, 2.05) is 29.8 Å². The minimum atomic E-state index is -0.134. The average molecular weight is 308 g/mol. The monoisotopic (exact) mass is 308 g/mol. The first-order chi connectivity index (χ1) is 9.66. The maximum absolute atomic E-state index is 11.8. The molecule has 0 aromatic carbocycles. The van der Waals surface area contributed by atoms with Crippen molar-refractivity contribution in [3.63, 3.8) is 0 Å². The van der Waals surface area contributed by atoms with E-state index in [9.17, 15) is 9.59 Å². The van der Waals surface area contributed by atoms with Crippen molar-refractivity contribution in [1.82, 2.24) is 10.6 Å². The van der Waals surface area contributed by atoms with Gasteiger partial charge in [0.05, 0.1) is 6.04 Å². The highest BCUT2D eigenvalue weighted by Gasteiger charge is 2.11. The zero-order chi connectivity index (χ0) is 14.4. The summed E-state index contributed by atoms with van der Waals surface area (Å²) in [6.45, 7) is 2.30. The van der Waals surface area contributed by atoms with Crippen molar-refractivity contribution in [2.45, 2.75) is 19.4 Å². The standard InChI is InChI=1S/C14H16N2O2S2/c1-10(12-3-2-7-20-12)16-13(17)4-6-15-14(18)11-5-8-19-9-11/h2-3,5,7-10H,4,6H2,1H3,(H,15,18)(H,16,17). The van der Waals surface area contributed by atoms with Gasteiger partial charge in [-0.2, -0.15) is 11.3 Å². The Labute approximate surface area is 125 Å². The second-order valence-corrected chi connectivity index (χ2v) is 6.08. The van der Waals surface area contributed by atoms with Crippen molar-refractivity contribution in [3.05, 3.63) is 44.8 Å². The fourth-order valence-electron chi connectivity index (χ4n) is 1.71. The lowest BCUT2D eigenvalue weighted by atomic mass is 10.2. The molecule has 6 heteroatoms. The Hall–Kier alpha value is -1.66. The summed E-state index contributed by atoms with van der Waals surface area (Å²) >= 11 is 3.09. The van der Waals surface area contributed by atoms with Gasteiger partial charge in [0.15, 0.2) is 0 Å². The largest absolute Gasteiger partial charge is 0.351 e. The molecule has 2 amide bonds. The van der Waals surface area contributed by atoms with Crippen molar-refractivity contribution in [1.29, 1.82) is 0 Å². The van der Waals surface area contributed by atoms with E-state index in [0.717, 1.165) is 4.88 Å². The number of rotatable bonds is 6. The zero-order valence-electron chi connectivity index (χ0n) is 11.1. The zero-order valence-corrected chi connectivity index (χ0v) is 12.7. The molecule has 2 heterocycles. The maximum atomic E-state index is 11.8. The topological polar surface area (TPSA) is 58.2 Å². The molecular formula is C14H16N2O2S2. The average Bonchev–Trinajstić information content (AvgIpc) is 3.12. The Morgan fingerprint density at radius 2 is 2.15 bits per heavy atom. The fourth-order valence-corrected chi connectivity index (χ4v) is 3.08. The lowest BCUT2D eigenvalue weighted by molar-refractivity contribution is -0.121. The van der Waals surface area contributed by atoms with Crippen molar-refractivity contribution in [3.8, 4) is 0 Å². The summed E-state index contributed by atoms with van der Waals surface area (Å²) in [7, 11) is 0. The summed E-state index contributed by atoms with van der Waals surface area (Å²) in [5.74, 6) is -0.193. The number of nitrogens with one attached hydrogen (secondary N) is 2. The van der Waals surface area contributed by atoms with Crippen LogP contribution >= 0.6 is 22.7 Å². The highest BCUT2D eigenvalue weighted by molar-refractivity contribution is 7.10. The third kappa shape index (κ3) is 4.18. The van der Waals surface area contributed by atoms with Crippen LogP contribution in [0.4, 0.5) is 0 Å². The van der Waals surface area contributed by atoms with Gasteiger partial charge in [-0.25, -0.2) is 0 Å². The van der Waals surface area contributed by atoms with E-state index in [1.54, 1.807) is 22.8 Å². The Balaban J connectivity index is 1.69. The lowest BCUT2D eigenvalue weighted by Gasteiger charge is -2.12. The molecule has 0 radical (unpaired) electrons. The summed E-state index contributed by atoms with van der Waals surface area (Å²) < 4.78 is 0. The molecule has 0 bridgehead atoms. The van der Waals surface area contributed by atoms with Crippen LogP contribution in [0.2, 0.25) is 0 Å². The van der Waals surface area contributed by atoms with Crippen molar-refractivity contribution >= 4 is 34.5 Å². The van der Waals surface area contributed by atoms with Crippen LogP contribution < -0.4 is 10.6 Å². The predicted octanol–water partition coefficient (Wildman–Crippen LogP) is 2.81. The molecule has 1 unspecified atom stereocenters. The number of carbonyl (C=O) groups excluding carboxylic acids is 2. The first kappa shape index (κ1) is 14.7. The van der Waals surface area contributed by atoms with Crippen LogP contribution in [0.15, 0.2) is 34.3 Å². The second kappa shape index (κ2) is 7.21. The molecule has 2 N–H and O–H groups in total. The Bertz CT molecular complexity index is 550. The van der Waals surface area contributed by atoms with Crippen molar-refractivity contribution in [2.75, 3.05) is 6.54 Å². The Morgan fingerprint density at radius 1 is 1.30 bits per heavy atom. The molecule has 1 atom stereocenters. The van der Waals surface area contributed by atoms with Gasteiger partial charge in [-0.3, -0.25) is 9.59 Å². The summed E-state index contributed by atoms with van der Waals surface area (Å²) in [6.07, 6.45) is 0.283. The van der Waals surface area contributed by atoms with Crippen LogP contribution in [0.5, 0.6) is 0 Å². The first-order valence-corrected chi connectivity index (χ1v) is 8.12. The van der Waals surface area contributed by atoms with Crippen LogP contribution in [0.1, 0.15) is 34.6 Å². The van der Waals surface area contributed by atoms with Gasteiger partial charge in [-0.1, -0.05) is 6.07 Å². The summed E-state index contributed by atoms with van der Waals surface area (Å²) in [6, 6.07) is 5.73. The van der Waals surface area contributed by atoms with Gasteiger partial charge in [0, 0.05) is 28.8 Å². The Morgan fingerprint density at radius 3 is 2.80 bits per heavy atom. The minimum absolute atomic E-state index is 0.00933. The molecule has 0 aliphatic heterocycles. The van der Waals surface area contributed by atoms with Gasteiger partial charge >= 0.3 is 0 Å². The molecule has 0 fully saturated rings. The first-order valence-electron chi connectivity index (χ1n) is 6.30. The predicted molar refractivity (Wildman–Crippen MR) is 82.1 cm³/mol. The smallest absolute Gasteiger partial charge is 0.252 e. The highest BCUT2D eigenvalue weighted by Crippen LogP contribution is 2.17. The molecule has 4 nitrogen and oxygen atoms in total. The third-order valence-electron chi connectivity index (χ3n) is 2.77. The number of hydrogen-bond donors (Lipinski definition) is 2. The number of carbonyl (C=O) groups is 2. The van der Waals surface area contributed by atoms with Crippen molar-refractivity contribution < 1.29 is 9.59 Å². The molecule has 2 aromatic rings. The van der Waals surface area contributed by atoms with Gasteiger partial charge in [0.2, 0.25) is 5.91 Å². The number of hydrogen-bond acceptors (Lipinski definition) is 4. The van der Waals surface area contributed by atoms with E-state index in [1.165, 1.54) is 11.3 Å². The molecule has 2 rings (SSSR count). The highest BCUT2D eigenvalue weighted by atomic mass is 32.1. The van der Waals surface area contributed by atoms with Crippen LogP contribution in [0.3, 0.4) is 0 Å². The van der Waals surface area contributed by atoms with Crippen LogP contribution in [-0.2, 0) is 4.79 Å². The molecule has 0 aliphatic rings. The molecule has 0 spiro atoms. The fraction of sp³-hybridized carbons (Fsp3) is 0.286. The Kier molecular flexibility index (Phi) is 5.31. The van der Waals surface area contributed by atoms with E-state index >= 15 is 0 Å². The number of thiophene rings is 2. The van der Waals surface area contributed by atoms with Crippen LogP contribution in [0.25, 0.3) is 0 Å². The maximum Gasteiger partial charge on any atom is 0.252 e. The second-order valence-electron chi connectivity index (χ2n) is 4.32. The van der Waals surface area contributed by atoms with Gasteiger partial charge < -0.3 is 10.6 Å². The quantitative estimate of drug-likeness (QED) is 0.862.